The van der Waals surface area contributed by atoms with Gasteiger partial charge in [-0.3, -0.25) is 14.4 Å². The number of aliphatic carboxylic acids is 1. The predicted octanol–water partition coefficient (Wildman–Crippen LogP) is 2.19. The van der Waals surface area contributed by atoms with Crippen LogP contribution in [-0.4, -0.2) is 46.9 Å². The molecular formula is C18H23FN2O4. The number of piperidine rings is 1. The summed E-state index contributed by atoms with van der Waals surface area (Å²) in [7, 11) is 0. The number of carboxylic acid groups (broad SMARTS) is 1. The molecule has 0 unspecified atom stereocenters. The van der Waals surface area contributed by atoms with E-state index in [0.29, 0.717) is 50.8 Å². The number of halogens is 1. The summed E-state index contributed by atoms with van der Waals surface area (Å²) in [5.41, 5.74) is 0.415. The first-order valence-electron chi connectivity index (χ1n) is 8.51. The van der Waals surface area contributed by atoms with Crippen molar-refractivity contribution in [3.8, 4) is 0 Å². The number of unbranched alkanes of at least 4 members (excludes halogenated alkanes) is 1. The van der Waals surface area contributed by atoms with Gasteiger partial charge in [0.1, 0.15) is 5.82 Å². The maximum absolute atomic E-state index is 12.9. The van der Waals surface area contributed by atoms with Crippen molar-refractivity contribution >= 4 is 17.8 Å². The Kier molecular flexibility index (Phi) is 6.91. The average molecular weight is 350 g/mol. The molecule has 1 fully saturated rings. The van der Waals surface area contributed by atoms with E-state index in [1.54, 1.807) is 4.90 Å². The van der Waals surface area contributed by atoms with Gasteiger partial charge in [-0.1, -0.05) is 0 Å². The number of hydrogen-bond acceptors (Lipinski definition) is 3. The third-order valence-corrected chi connectivity index (χ3v) is 4.32. The van der Waals surface area contributed by atoms with Gasteiger partial charge in [0.25, 0.3) is 5.91 Å². The van der Waals surface area contributed by atoms with E-state index >= 15 is 0 Å². The highest BCUT2D eigenvalue weighted by Gasteiger charge is 2.23. The van der Waals surface area contributed by atoms with Crippen LogP contribution in [0, 0.1) is 5.82 Å². The van der Waals surface area contributed by atoms with Crippen LogP contribution in [0.2, 0.25) is 0 Å². The molecule has 0 aliphatic carbocycles. The maximum Gasteiger partial charge on any atom is 0.303 e. The number of benzene rings is 1. The van der Waals surface area contributed by atoms with Crippen molar-refractivity contribution in [1.82, 2.24) is 10.2 Å². The minimum atomic E-state index is -0.842. The van der Waals surface area contributed by atoms with Crippen molar-refractivity contribution in [3.63, 3.8) is 0 Å². The molecule has 1 aromatic carbocycles. The summed E-state index contributed by atoms with van der Waals surface area (Å²) in [6.45, 7) is 1.15. The van der Waals surface area contributed by atoms with Gasteiger partial charge in [0, 0.05) is 37.5 Å². The summed E-state index contributed by atoms with van der Waals surface area (Å²) in [5, 5.41) is 11.5. The number of amides is 2. The van der Waals surface area contributed by atoms with Crippen LogP contribution in [0.4, 0.5) is 4.39 Å². The zero-order chi connectivity index (χ0) is 18.2. The number of nitrogens with one attached hydrogen (secondary N) is 1. The van der Waals surface area contributed by atoms with Crippen LogP contribution >= 0.6 is 0 Å². The zero-order valence-electron chi connectivity index (χ0n) is 14.0. The molecule has 1 aliphatic heterocycles. The summed E-state index contributed by atoms with van der Waals surface area (Å²) in [4.78, 5) is 36.4. The van der Waals surface area contributed by atoms with Gasteiger partial charge in [0.05, 0.1) is 0 Å². The fourth-order valence-corrected chi connectivity index (χ4v) is 2.85. The van der Waals surface area contributed by atoms with Crippen molar-refractivity contribution in [2.45, 2.75) is 44.6 Å². The minimum Gasteiger partial charge on any atom is -0.481 e. The third kappa shape index (κ3) is 6.17. The second-order valence-corrected chi connectivity index (χ2v) is 6.24. The van der Waals surface area contributed by atoms with Crippen LogP contribution in [0.1, 0.15) is 48.9 Å². The fourth-order valence-electron chi connectivity index (χ4n) is 2.85. The Morgan fingerprint density at radius 3 is 2.28 bits per heavy atom. The monoisotopic (exact) mass is 350 g/mol. The van der Waals surface area contributed by atoms with E-state index in [-0.39, 0.29) is 30.1 Å². The van der Waals surface area contributed by atoms with Gasteiger partial charge in [-0.2, -0.15) is 0 Å². The lowest BCUT2D eigenvalue weighted by atomic mass is 10.0. The normalized spacial score (nSPS) is 15.0. The quantitative estimate of drug-likeness (QED) is 0.738. The van der Waals surface area contributed by atoms with Crippen LogP contribution in [0.5, 0.6) is 0 Å². The molecule has 1 aromatic rings. The van der Waals surface area contributed by atoms with Crippen LogP contribution in [-0.2, 0) is 9.59 Å². The van der Waals surface area contributed by atoms with E-state index in [1.165, 1.54) is 24.3 Å². The molecule has 136 valence electrons. The van der Waals surface area contributed by atoms with Crippen molar-refractivity contribution in [2.24, 2.45) is 0 Å². The van der Waals surface area contributed by atoms with Crippen molar-refractivity contribution in [3.05, 3.63) is 35.6 Å². The first-order valence-corrected chi connectivity index (χ1v) is 8.51. The number of nitrogens with zero attached hydrogens (tertiary/aromatic N) is 1. The van der Waals surface area contributed by atoms with Gasteiger partial charge in [-0.25, -0.2) is 4.39 Å². The third-order valence-electron chi connectivity index (χ3n) is 4.32. The van der Waals surface area contributed by atoms with Gasteiger partial charge in [0.2, 0.25) is 5.91 Å². The van der Waals surface area contributed by atoms with Crippen molar-refractivity contribution in [2.75, 3.05) is 13.1 Å². The Balaban J connectivity index is 1.70. The van der Waals surface area contributed by atoms with Crippen LogP contribution < -0.4 is 5.32 Å². The van der Waals surface area contributed by atoms with E-state index in [0.717, 1.165) is 0 Å². The number of hydrogen-bond donors (Lipinski definition) is 2. The first kappa shape index (κ1) is 18.9. The SMILES string of the molecule is O=C(O)CCCCC(=O)N1CCC(NC(=O)c2ccc(F)cc2)CC1. The number of carbonyl (C=O) groups is 3. The molecule has 1 heterocycles. The zero-order valence-corrected chi connectivity index (χ0v) is 14.0. The number of carboxylic acids is 1. The van der Waals surface area contributed by atoms with Gasteiger partial charge in [0.15, 0.2) is 0 Å². The molecule has 25 heavy (non-hydrogen) atoms. The van der Waals surface area contributed by atoms with E-state index < -0.39 is 5.97 Å². The summed E-state index contributed by atoms with van der Waals surface area (Å²) >= 11 is 0. The van der Waals surface area contributed by atoms with E-state index in [1.807, 2.05) is 0 Å². The summed E-state index contributed by atoms with van der Waals surface area (Å²) in [6.07, 6.45) is 2.88. The average Bonchev–Trinajstić information content (AvgIpc) is 2.59. The second-order valence-electron chi connectivity index (χ2n) is 6.24. The number of rotatable bonds is 7. The fraction of sp³-hybridized carbons (Fsp3) is 0.500. The predicted molar refractivity (Wildman–Crippen MR) is 89.6 cm³/mol. The van der Waals surface area contributed by atoms with Crippen LogP contribution in [0.15, 0.2) is 24.3 Å². The molecular weight excluding hydrogens is 327 g/mol. The Bertz CT molecular complexity index is 610. The summed E-state index contributed by atoms with van der Waals surface area (Å²) in [6, 6.07) is 5.38. The molecule has 1 aliphatic rings. The van der Waals surface area contributed by atoms with Gasteiger partial charge in [-0.15, -0.1) is 0 Å². The molecule has 2 amide bonds. The lowest BCUT2D eigenvalue weighted by Gasteiger charge is -2.32. The minimum absolute atomic E-state index is 0.00591. The van der Waals surface area contributed by atoms with Crippen LogP contribution in [0.25, 0.3) is 0 Å². The highest BCUT2D eigenvalue weighted by Crippen LogP contribution is 2.14. The highest BCUT2D eigenvalue weighted by molar-refractivity contribution is 5.94. The Morgan fingerprint density at radius 2 is 1.68 bits per heavy atom. The standard InChI is InChI=1S/C18H23FN2O4/c19-14-7-5-13(6-8-14)18(25)20-15-9-11-21(12-10-15)16(22)3-1-2-4-17(23)24/h5-8,15H,1-4,9-12H2,(H,20,25)(H,23,24). The molecule has 0 bridgehead atoms. The van der Waals surface area contributed by atoms with Crippen molar-refractivity contribution in [1.29, 1.82) is 0 Å². The smallest absolute Gasteiger partial charge is 0.303 e. The summed E-state index contributed by atoms with van der Waals surface area (Å²) in [5.74, 6) is -1.43. The largest absolute Gasteiger partial charge is 0.481 e. The maximum atomic E-state index is 12.9. The second kappa shape index (κ2) is 9.15. The molecule has 0 radical (unpaired) electrons. The molecule has 1 saturated heterocycles. The Morgan fingerprint density at radius 1 is 1.08 bits per heavy atom. The topological polar surface area (TPSA) is 86.7 Å². The summed E-state index contributed by atoms with van der Waals surface area (Å²) < 4.78 is 12.9. The van der Waals surface area contributed by atoms with Crippen molar-refractivity contribution < 1.29 is 23.9 Å². The Hall–Kier alpha value is -2.44. The molecule has 2 N–H and O–H groups in total. The molecule has 6 nitrogen and oxygen atoms in total. The Labute approximate surface area is 146 Å². The van der Waals surface area contributed by atoms with E-state index in [2.05, 4.69) is 5.32 Å². The number of likely N-dealkylation sites (tertiary alicyclic amines) is 1. The van der Waals surface area contributed by atoms with Gasteiger partial charge < -0.3 is 15.3 Å². The molecule has 0 atom stereocenters. The molecule has 7 heteroatoms. The lowest BCUT2D eigenvalue weighted by molar-refractivity contribution is -0.137. The highest BCUT2D eigenvalue weighted by atomic mass is 19.1. The van der Waals surface area contributed by atoms with Gasteiger partial charge >= 0.3 is 5.97 Å². The molecule has 2 rings (SSSR count). The molecule has 0 saturated carbocycles. The van der Waals surface area contributed by atoms with Crippen LogP contribution in [0.3, 0.4) is 0 Å². The van der Waals surface area contributed by atoms with E-state index in [4.69, 9.17) is 5.11 Å². The lowest BCUT2D eigenvalue weighted by Crippen LogP contribution is -2.46. The molecule has 0 aromatic heterocycles. The number of carbonyl (C=O) groups excluding carboxylic acids is 2. The van der Waals surface area contributed by atoms with Gasteiger partial charge in [-0.05, 0) is 49.9 Å². The first-order chi connectivity index (χ1) is 12.0. The van der Waals surface area contributed by atoms with E-state index in [9.17, 15) is 18.8 Å². The molecule has 0 spiro atoms.